The van der Waals surface area contributed by atoms with Gasteiger partial charge in [-0.3, -0.25) is 9.59 Å². The maximum atomic E-state index is 11.9. The molecule has 0 aliphatic carbocycles. The highest BCUT2D eigenvalue weighted by Gasteiger charge is 2.10. The van der Waals surface area contributed by atoms with Crippen LogP contribution in [-0.2, 0) is 12.2 Å². The summed E-state index contributed by atoms with van der Waals surface area (Å²) in [7, 11) is 0. The first kappa shape index (κ1) is 15.8. The van der Waals surface area contributed by atoms with E-state index in [9.17, 15) is 9.59 Å². The first-order chi connectivity index (χ1) is 10.1. The molecule has 1 N–H and O–H groups in total. The lowest BCUT2D eigenvalue weighted by Gasteiger charge is -2.03. The van der Waals surface area contributed by atoms with E-state index < -0.39 is 0 Å². The van der Waals surface area contributed by atoms with E-state index in [0.717, 1.165) is 16.5 Å². The Morgan fingerprint density at radius 3 is 3.00 bits per heavy atom. The quantitative estimate of drug-likeness (QED) is 0.882. The van der Waals surface area contributed by atoms with Gasteiger partial charge in [0.1, 0.15) is 10.8 Å². The van der Waals surface area contributed by atoms with Gasteiger partial charge in [0.25, 0.3) is 5.91 Å². The number of thiazole rings is 1. The predicted octanol–water partition coefficient (Wildman–Crippen LogP) is 2.24. The van der Waals surface area contributed by atoms with Gasteiger partial charge < -0.3 is 9.73 Å². The van der Waals surface area contributed by atoms with E-state index in [4.69, 9.17) is 4.42 Å². The highest BCUT2D eigenvalue weighted by atomic mass is 32.2. The molecule has 7 heteroatoms. The molecule has 2 rings (SSSR count). The maximum Gasteiger partial charge on any atom is 0.287 e. The molecule has 5 nitrogen and oxygen atoms in total. The van der Waals surface area contributed by atoms with Gasteiger partial charge in [-0.25, -0.2) is 4.98 Å². The van der Waals surface area contributed by atoms with Crippen LogP contribution in [0.2, 0.25) is 0 Å². The van der Waals surface area contributed by atoms with Gasteiger partial charge in [0.15, 0.2) is 11.2 Å². The molecule has 0 bridgehead atoms. The first-order valence-corrected chi connectivity index (χ1v) is 8.68. The molecule has 0 radical (unpaired) electrons. The van der Waals surface area contributed by atoms with Gasteiger partial charge in [0, 0.05) is 36.2 Å². The van der Waals surface area contributed by atoms with Crippen LogP contribution in [0.4, 0.5) is 0 Å². The molecule has 0 aliphatic heterocycles. The third kappa shape index (κ3) is 4.71. The van der Waals surface area contributed by atoms with E-state index >= 15 is 0 Å². The van der Waals surface area contributed by atoms with E-state index in [2.05, 4.69) is 10.3 Å². The molecule has 1 amide bonds. The zero-order valence-corrected chi connectivity index (χ0v) is 13.5. The molecule has 0 saturated heterocycles. The van der Waals surface area contributed by atoms with Gasteiger partial charge in [0.2, 0.25) is 0 Å². The molecule has 0 aromatic carbocycles. The van der Waals surface area contributed by atoms with Crippen molar-refractivity contribution < 1.29 is 9.21 Å². The topological polar surface area (TPSA) is 72.2 Å². The van der Waals surface area contributed by atoms with Crippen LogP contribution in [0.1, 0.15) is 27.0 Å². The zero-order chi connectivity index (χ0) is 15.2. The summed E-state index contributed by atoms with van der Waals surface area (Å²) in [6.07, 6.45) is 2.70. The van der Waals surface area contributed by atoms with E-state index in [1.807, 2.05) is 11.6 Å². The molecule has 0 saturated carbocycles. The smallest absolute Gasteiger partial charge is 0.287 e. The average Bonchev–Trinajstić information content (AvgIpc) is 2.85. The molecule has 0 atom stereocenters. The second-order valence-electron chi connectivity index (χ2n) is 4.44. The Morgan fingerprint density at radius 2 is 2.29 bits per heavy atom. The molecule has 2 heterocycles. The van der Waals surface area contributed by atoms with Crippen molar-refractivity contribution in [3.8, 4) is 0 Å². The fourth-order valence-electron chi connectivity index (χ4n) is 1.76. The van der Waals surface area contributed by atoms with Crippen LogP contribution in [0.25, 0.3) is 0 Å². The summed E-state index contributed by atoms with van der Waals surface area (Å²) < 4.78 is 5.23. The van der Waals surface area contributed by atoms with Gasteiger partial charge in [-0.15, -0.1) is 11.3 Å². The predicted molar refractivity (Wildman–Crippen MR) is 85.1 cm³/mol. The number of hydrogen-bond donors (Lipinski definition) is 1. The molecule has 21 heavy (non-hydrogen) atoms. The van der Waals surface area contributed by atoms with Gasteiger partial charge in [0.05, 0.1) is 5.69 Å². The number of aryl methyl sites for hydroxylation is 1. The molecule has 112 valence electrons. The number of carbonyl (C=O) groups excluding carboxylic acids is 1. The Labute approximate surface area is 130 Å². The van der Waals surface area contributed by atoms with Crippen LogP contribution < -0.4 is 10.7 Å². The average molecular weight is 324 g/mol. The van der Waals surface area contributed by atoms with Crippen molar-refractivity contribution in [1.29, 1.82) is 0 Å². The minimum Gasteiger partial charge on any atom is -0.456 e. The van der Waals surface area contributed by atoms with Crippen molar-refractivity contribution in [3.63, 3.8) is 0 Å². The third-order valence-electron chi connectivity index (χ3n) is 2.65. The number of nitrogens with one attached hydrogen (secondary N) is 1. The molecule has 0 spiro atoms. The van der Waals surface area contributed by atoms with E-state index in [0.29, 0.717) is 18.7 Å². The number of amides is 1. The standard InChI is InChI=1S/C14H16N2O3S2/c1-9-5-11(17)6-12(19-9)14(18)15-4-3-10-7-21-13(16-10)8-20-2/h5-7H,3-4,8H2,1-2H3,(H,15,18). The Bertz CT molecular complexity index is 679. The lowest BCUT2D eigenvalue weighted by molar-refractivity contribution is 0.0922. The van der Waals surface area contributed by atoms with E-state index in [-0.39, 0.29) is 17.1 Å². The van der Waals surface area contributed by atoms with Crippen molar-refractivity contribution in [2.45, 2.75) is 19.1 Å². The van der Waals surface area contributed by atoms with Crippen molar-refractivity contribution in [2.75, 3.05) is 12.8 Å². The summed E-state index contributed by atoms with van der Waals surface area (Å²) in [6.45, 7) is 2.10. The highest BCUT2D eigenvalue weighted by molar-refractivity contribution is 7.97. The number of carbonyl (C=O) groups is 1. The van der Waals surface area contributed by atoms with Crippen LogP contribution >= 0.6 is 23.1 Å². The van der Waals surface area contributed by atoms with Crippen LogP contribution in [0.5, 0.6) is 0 Å². The lowest BCUT2D eigenvalue weighted by Crippen LogP contribution is -2.26. The third-order valence-corrected chi connectivity index (χ3v) is 4.29. The van der Waals surface area contributed by atoms with Gasteiger partial charge in [-0.1, -0.05) is 0 Å². The molecule has 0 unspecified atom stereocenters. The fourth-order valence-corrected chi connectivity index (χ4v) is 3.31. The Balaban J connectivity index is 1.87. The van der Waals surface area contributed by atoms with E-state index in [1.54, 1.807) is 30.0 Å². The molecule has 0 aliphatic rings. The summed E-state index contributed by atoms with van der Waals surface area (Å²) in [6, 6.07) is 2.54. The van der Waals surface area contributed by atoms with Crippen LogP contribution in [0, 0.1) is 6.92 Å². The maximum absolute atomic E-state index is 11.9. The number of thioether (sulfide) groups is 1. The monoisotopic (exact) mass is 324 g/mol. The zero-order valence-electron chi connectivity index (χ0n) is 11.8. The molecule has 0 fully saturated rings. The highest BCUT2D eigenvalue weighted by Crippen LogP contribution is 2.15. The molecule has 2 aromatic rings. The van der Waals surface area contributed by atoms with Gasteiger partial charge in [-0.2, -0.15) is 11.8 Å². The second-order valence-corrected chi connectivity index (χ2v) is 6.25. The first-order valence-electron chi connectivity index (χ1n) is 6.40. The summed E-state index contributed by atoms with van der Waals surface area (Å²) in [5, 5.41) is 5.83. The van der Waals surface area contributed by atoms with Crippen molar-refractivity contribution >= 4 is 29.0 Å². The molecular weight excluding hydrogens is 308 g/mol. The molecular formula is C14H16N2O3S2. The summed E-state index contributed by atoms with van der Waals surface area (Å²) >= 11 is 3.36. The molecule has 2 aromatic heterocycles. The lowest BCUT2D eigenvalue weighted by atomic mass is 10.3. The minimum atomic E-state index is -0.379. The van der Waals surface area contributed by atoms with Crippen molar-refractivity contribution in [3.05, 3.63) is 50.0 Å². The fraction of sp³-hybridized carbons (Fsp3) is 0.357. The Morgan fingerprint density at radius 1 is 1.48 bits per heavy atom. The summed E-state index contributed by atoms with van der Waals surface area (Å²) in [5.41, 5.74) is 0.736. The number of nitrogens with zero attached hydrogens (tertiary/aromatic N) is 1. The van der Waals surface area contributed by atoms with Gasteiger partial charge in [-0.05, 0) is 13.2 Å². The van der Waals surface area contributed by atoms with Crippen LogP contribution in [0.15, 0.2) is 26.7 Å². The van der Waals surface area contributed by atoms with Crippen molar-refractivity contribution in [1.82, 2.24) is 10.3 Å². The second kappa shape index (κ2) is 7.42. The summed E-state index contributed by atoms with van der Waals surface area (Å²) in [4.78, 5) is 27.7. The minimum absolute atomic E-state index is 0.0429. The Hall–Kier alpha value is -1.60. The number of aromatic nitrogens is 1. The van der Waals surface area contributed by atoms with E-state index in [1.165, 1.54) is 12.1 Å². The Kier molecular flexibility index (Phi) is 5.58. The largest absolute Gasteiger partial charge is 0.456 e. The van der Waals surface area contributed by atoms with Crippen LogP contribution in [0.3, 0.4) is 0 Å². The normalized spacial score (nSPS) is 10.6. The van der Waals surface area contributed by atoms with Crippen molar-refractivity contribution in [2.24, 2.45) is 0 Å². The van der Waals surface area contributed by atoms with Crippen LogP contribution in [-0.4, -0.2) is 23.7 Å². The number of rotatable bonds is 6. The summed E-state index contributed by atoms with van der Waals surface area (Å²) in [5.74, 6) is 0.997. The number of hydrogen-bond acceptors (Lipinski definition) is 6. The SMILES string of the molecule is CSCc1nc(CCNC(=O)c2cc(=O)cc(C)o2)cs1. The van der Waals surface area contributed by atoms with Gasteiger partial charge >= 0.3 is 0 Å².